The number of ether oxygens (including phenoxy) is 2. The minimum atomic E-state index is -0.658. The summed E-state index contributed by atoms with van der Waals surface area (Å²) in [7, 11) is 4.15. The molecule has 10 nitrogen and oxygen atoms in total. The van der Waals surface area contributed by atoms with Crippen molar-refractivity contribution in [1.29, 1.82) is 5.26 Å². The van der Waals surface area contributed by atoms with E-state index in [2.05, 4.69) is 56.1 Å². The van der Waals surface area contributed by atoms with Crippen molar-refractivity contribution in [3.8, 4) is 29.3 Å². The second-order valence-electron chi connectivity index (χ2n) is 11.0. The van der Waals surface area contributed by atoms with Gasteiger partial charge in [0.05, 0.1) is 22.8 Å². The van der Waals surface area contributed by atoms with Gasteiger partial charge in [-0.1, -0.05) is 23.7 Å². The van der Waals surface area contributed by atoms with E-state index in [1.807, 2.05) is 18.2 Å². The minimum absolute atomic E-state index is 0.0698. The second kappa shape index (κ2) is 11.0. The van der Waals surface area contributed by atoms with E-state index < -0.39 is 5.82 Å². The Labute approximate surface area is 252 Å². The van der Waals surface area contributed by atoms with Gasteiger partial charge in [0.1, 0.15) is 33.7 Å². The number of fused-ring (bicyclic) bond motifs is 3. The van der Waals surface area contributed by atoms with E-state index in [4.69, 9.17) is 26.1 Å². The lowest BCUT2D eigenvalue weighted by Gasteiger charge is -2.35. The first-order valence-electron chi connectivity index (χ1n) is 14.0. The third kappa shape index (κ3) is 4.87. The molecule has 0 aliphatic carbocycles. The molecule has 2 aliphatic rings. The van der Waals surface area contributed by atoms with Gasteiger partial charge in [0.25, 0.3) is 0 Å². The summed E-state index contributed by atoms with van der Waals surface area (Å²) in [5, 5.41) is 18.3. The van der Waals surface area contributed by atoms with Crippen molar-refractivity contribution in [3.05, 3.63) is 70.3 Å². The Bertz CT molecular complexity index is 1910. The van der Waals surface area contributed by atoms with Crippen molar-refractivity contribution in [2.24, 2.45) is 0 Å². The molecule has 5 heterocycles. The van der Waals surface area contributed by atoms with Gasteiger partial charge in [-0.05, 0) is 38.2 Å². The van der Waals surface area contributed by atoms with Crippen LogP contribution in [0.15, 0.2) is 42.7 Å². The number of piperazine rings is 1. The van der Waals surface area contributed by atoms with Gasteiger partial charge in [0, 0.05) is 62.5 Å². The van der Waals surface area contributed by atoms with Gasteiger partial charge < -0.3 is 24.2 Å². The van der Waals surface area contributed by atoms with Gasteiger partial charge in [-0.25, -0.2) is 14.4 Å². The van der Waals surface area contributed by atoms with Crippen molar-refractivity contribution >= 4 is 39.1 Å². The molecule has 0 radical (unpaired) electrons. The highest BCUT2D eigenvalue weighted by atomic mass is 35.5. The Kier molecular flexibility index (Phi) is 6.97. The lowest BCUT2D eigenvalue weighted by atomic mass is 9.99. The number of nitrogens with zero attached hydrogens (tertiary/aromatic N) is 7. The van der Waals surface area contributed by atoms with Crippen LogP contribution in [0.5, 0.6) is 23.3 Å². The van der Waals surface area contributed by atoms with Crippen LogP contribution in [0.2, 0.25) is 5.02 Å². The number of aromatic amines is 1. The molecule has 0 bridgehead atoms. The maximum absolute atomic E-state index is 14.7. The summed E-state index contributed by atoms with van der Waals surface area (Å²) in [6.45, 7) is 4.75. The van der Waals surface area contributed by atoms with Crippen LogP contribution in [0.3, 0.4) is 0 Å². The zero-order chi connectivity index (χ0) is 29.7. The fraction of sp³-hybridized carbons (Fsp3) is 0.290. The van der Waals surface area contributed by atoms with E-state index in [0.29, 0.717) is 51.9 Å². The van der Waals surface area contributed by atoms with E-state index in [-0.39, 0.29) is 22.5 Å². The van der Waals surface area contributed by atoms with Crippen molar-refractivity contribution in [3.63, 3.8) is 0 Å². The molecule has 1 fully saturated rings. The molecule has 5 aromatic rings. The number of nitriles is 1. The molecular weight excluding hydrogens is 571 g/mol. The van der Waals surface area contributed by atoms with Crippen LogP contribution in [0.4, 0.5) is 10.1 Å². The number of rotatable bonds is 5. The summed E-state index contributed by atoms with van der Waals surface area (Å²) in [5.74, 6) is 0.320. The maximum Gasteiger partial charge on any atom is 0.246 e. The van der Waals surface area contributed by atoms with Gasteiger partial charge in [0.2, 0.25) is 11.8 Å². The number of pyridine rings is 2. The molecule has 218 valence electrons. The number of anilines is 1. The molecule has 0 atom stereocenters. The average molecular weight is 599 g/mol. The number of H-pyrrole nitrogens is 1. The van der Waals surface area contributed by atoms with Crippen LogP contribution in [0, 0.1) is 17.1 Å². The highest BCUT2D eigenvalue weighted by Crippen LogP contribution is 2.43. The van der Waals surface area contributed by atoms with Gasteiger partial charge in [-0.3, -0.25) is 5.10 Å². The van der Waals surface area contributed by atoms with Crippen LogP contribution in [-0.2, 0) is 13.0 Å². The normalized spacial score (nSPS) is 15.9. The van der Waals surface area contributed by atoms with E-state index in [1.165, 1.54) is 17.8 Å². The van der Waals surface area contributed by atoms with Gasteiger partial charge >= 0.3 is 0 Å². The van der Waals surface area contributed by atoms with E-state index in [9.17, 15) is 9.65 Å². The molecule has 2 aromatic carbocycles. The molecule has 43 heavy (non-hydrogen) atoms. The van der Waals surface area contributed by atoms with Crippen LogP contribution in [-0.4, -0.2) is 76.8 Å². The lowest BCUT2D eigenvalue weighted by Crippen LogP contribution is -2.44. The second-order valence-corrected chi connectivity index (χ2v) is 11.4. The predicted molar refractivity (Wildman–Crippen MR) is 162 cm³/mol. The Balaban J connectivity index is 1.42. The monoisotopic (exact) mass is 598 g/mol. The standard InChI is InChI=1S/C31H28ClFN8O2/c1-39-10-12-41(13-11-39)28-19-6-8-35-31(43-29-21-16-36-38-24(21)14-23(33)26(29)32)27(19)37-30(20(28)15-34)42-25-5-3-4-18-7-9-40(2)17-22(18)25/h3-6,8,14,16H,7,9-13,17H2,1-2H3,(H,36,38). The van der Waals surface area contributed by atoms with Crippen LogP contribution in [0.25, 0.3) is 21.8 Å². The minimum Gasteiger partial charge on any atom is -0.437 e. The van der Waals surface area contributed by atoms with Crippen molar-refractivity contribution in [2.45, 2.75) is 13.0 Å². The quantitative estimate of drug-likeness (QED) is 0.281. The van der Waals surface area contributed by atoms with Crippen LogP contribution in [0.1, 0.15) is 16.7 Å². The zero-order valence-corrected chi connectivity index (χ0v) is 24.5. The van der Waals surface area contributed by atoms with Gasteiger partial charge in [-0.15, -0.1) is 0 Å². The number of likely N-dealkylation sites (N-methyl/N-ethyl adjacent to an activating group) is 2. The highest BCUT2D eigenvalue weighted by molar-refractivity contribution is 6.33. The first-order chi connectivity index (χ1) is 20.9. The van der Waals surface area contributed by atoms with Crippen LogP contribution >= 0.6 is 11.6 Å². The van der Waals surface area contributed by atoms with E-state index in [0.717, 1.165) is 38.2 Å². The first kappa shape index (κ1) is 27.3. The number of halogens is 2. The lowest BCUT2D eigenvalue weighted by molar-refractivity contribution is 0.305. The number of hydrogen-bond acceptors (Lipinski definition) is 9. The molecule has 1 N–H and O–H groups in total. The topological polar surface area (TPSA) is 106 Å². The molecule has 0 spiro atoms. The third-order valence-electron chi connectivity index (χ3n) is 8.16. The average Bonchev–Trinajstić information content (AvgIpc) is 3.48. The molecule has 0 amide bonds. The summed E-state index contributed by atoms with van der Waals surface area (Å²) >= 11 is 6.39. The summed E-state index contributed by atoms with van der Waals surface area (Å²) in [5.41, 5.74) is 4.10. The molecule has 2 aliphatic heterocycles. The van der Waals surface area contributed by atoms with Crippen molar-refractivity contribution in [2.75, 3.05) is 51.7 Å². The summed E-state index contributed by atoms with van der Waals surface area (Å²) in [6.07, 6.45) is 4.01. The molecule has 12 heteroatoms. The molecule has 1 saturated heterocycles. The molecule has 3 aromatic heterocycles. The fourth-order valence-electron chi connectivity index (χ4n) is 5.82. The molecule has 0 unspecified atom stereocenters. The Morgan fingerprint density at radius 3 is 2.67 bits per heavy atom. The largest absolute Gasteiger partial charge is 0.437 e. The summed E-state index contributed by atoms with van der Waals surface area (Å²) in [6, 6.07) is 11.4. The Hall–Kier alpha value is -4.50. The third-order valence-corrected chi connectivity index (χ3v) is 8.51. The first-order valence-corrected chi connectivity index (χ1v) is 14.4. The number of nitrogens with one attached hydrogen (secondary N) is 1. The SMILES string of the molecule is CN1CCN(c2c(C#N)c(Oc3cccc4c3CN(C)CC4)nc3c(Oc4c(Cl)c(F)cc5[nH]ncc45)nccc23)CC1. The Morgan fingerprint density at radius 1 is 1.02 bits per heavy atom. The van der Waals surface area contributed by atoms with Crippen molar-refractivity contribution in [1.82, 2.24) is 30.0 Å². The number of benzene rings is 2. The highest BCUT2D eigenvalue weighted by Gasteiger charge is 2.28. The summed E-state index contributed by atoms with van der Waals surface area (Å²) in [4.78, 5) is 16.0. The predicted octanol–water partition coefficient (Wildman–Crippen LogP) is 5.49. The van der Waals surface area contributed by atoms with E-state index >= 15 is 0 Å². The number of hydrogen-bond donors (Lipinski definition) is 1. The summed E-state index contributed by atoms with van der Waals surface area (Å²) < 4.78 is 27.5. The Morgan fingerprint density at radius 2 is 1.86 bits per heavy atom. The van der Waals surface area contributed by atoms with Crippen molar-refractivity contribution < 1.29 is 13.9 Å². The van der Waals surface area contributed by atoms with Gasteiger partial charge in [-0.2, -0.15) is 10.4 Å². The fourth-order valence-corrected chi connectivity index (χ4v) is 6.02. The smallest absolute Gasteiger partial charge is 0.246 e. The van der Waals surface area contributed by atoms with Gasteiger partial charge in [0.15, 0.2) is 5.75 Å². The maximum atomic E-state index is 14.7. The molecule has 0 saturated carbocycles. The number of aromatic nitrogens is 4. The van der Waals surface area contributed by atoms with E-state index in [1.54, 1.807) is 6.20 Å². The van der Waals surface area contributed by atoms with Crippen LogP contribution < -0.4 is 14.4 Å². The zero-order valence-electron chi connectivity index (χ0n) is 23.7. The molecule has 7 rings (SSSR count). The molecular formula is C31H28ClFN8O2.